The average Bonchev–Trinajstić information content (AvgIpc) is 2.57. The summed E-state index contributed by atoms with van der Waals surface area (Å²) in [5, 5.41) is 5.05. The molecular weight excluding hydrogens is 324 g/mol. The number of hydrogen-bond acceptors (Lipinski definition) is 4. The van der Waals surface area contributed by atoms with Crippen molar-refractivity contribution < 1.29 is 9.53 Å². The molecule has 24 heavy (non-hydrogen) atoms. The molecule has 1 aromatic heterocycles. The minimum atomic E-state index is -0.316. The zero-order valence-corrected chi connectivity index (χ0v) is 14.2. The van der Waals surface area contributed by atoms with E-state index in [4.69, 9.17) is 16.3 Å². The molecule has 0 saturated carbocycles. The second kappa shape index (κ2) is 6.89. The predicted molar refractivity (Wildman–Crippen MR) is 97.2 cm³/mol. The number of carbonyl (C=O) groups is 1. The van der Waals surface area contributed by atoms with Gasteiger partial charge in [0.1, 0.15) is 0 Å². The van der Waals surface area contributed by atoms with E-state index in [1.54, 1.807) is 25.3 Å². The molecule has 0 unspecified atom stereocenters. The number of benzene rings is 2. The number of rotatable bonds is 4. The highest BCUT2D eigenvalue weighted by molar-refractivity contribution is 6.32. The molecule has 4 nitrogen and oxygen atoms in total. The summed E-state index contributed by atoms with van der Waals surface area (Å²) in [6, 6.07) is 13.0. The molecule has 3 aromatic rings. The zero-order valence-electron chi connectivity index (χ0n) is 13.5. The number of pyridine rings is 1. The third-order valence-electron chi connectivity index (χ3n) is 3.70. The number of carbonyl (C=O) groups excluding carboxylic acids is 1. The van der Waals surface area contributed by atoms with Gasteiger partial charge in [-0.1, -0.05) is 11.6 Å². The van der Waals surface area contributed by atoms with E-state index in [9.17, 15) is 4.79 Å². The van der Waals surface area contributed by atoms with Gasteiger partial charge in [0.2, 0.25) is 0 Å². The molecule has 0 fully saturated rings. The average molecular weight is 341 g/mol. The largest absolute Gasteiger partial charge is 0.462 e. The lowest BCUT2D eigenvalue weighted by Gasteiger charge is -2.11. The van der Waals surface area contributed by atoms with Crippen molar-refractivity contribution in [3.8, 4) is 0 Å². The number of hydrogen-bond donors (Lipinski definition) is 1. The second-order valence-corrected chi connectivity index (χ2v) is 5.81. The number of anilines is 2. The molecule has 0 saturated heterocycles. The summed E-state index contributed by atoms with van der Waals surface area (Å²) in [7, 11) is 0. The predicted octanol–water partition coefficient (Wildman–Crippen LogP) is 5.12. The highest BCUT2D eigenvalue weighted by atomic mass is 35.5. The first-order chi connectivity index (χ1) is 11.6. The van der Waals surface area contributed by atoms with Crippen molar-refractivity contribution in [2.24, 2.45) is 0 Å². The summed E-state index contributed by atoms with van der Waals surface area (Å²) in [6.07, 6.45) is 1.74. The first-order valence-electron chi connectivity index (χ1n) is 7.67. The van der Waals surface area contributed by atoms with Gasteiger partial charge in [-0.05, 0) is 61.9 Å². The summed E-state index contributed by atoms with van der Waals surface area (Å²) in [5.74, 6) is -0.316. The van der Waals surface area contributed by atoms with Crippen LogP contribution in [0, 0.1) is 6.92 Å². The molecule has 0 aliphatic heterocycles. The highest BCUT2D eigenvalue weighted by Gasteiger charge is 2.08. The summed E-state index contributed by atoms with van der Waals surface area (Å²) in [4.78, 5) is 16.1. The lowest BCUT2D eigenvalue weighted by Crippen LogP contribution is -2.04. The lowest BCUT2D eigenvalue weighted by molar-refractivity contribution is 0.0526. The first-order valence-corrected chi connectivity index (χ1v) is 8.05. The Bertz CT molecular complexity index is 892. The van der Waals surface area contributed by atoms with Gasteiger partial charge in [-0.25, -0.2) is 4.79 Å². The summed E-state index contributed by atoms with van der Waals surface area (Å²) >= 11 is 6.17. The van der Waals surface area contributed by atoms with Crippen LogP contribution in [0.5, 0.6) is 0 Å². The standard InChI is InChI=1S/C19H17ClN2O2/c1-3-24-19(23)13-4-6-14(7-5-13)22-17-8-9-21-18-11-16(20)12(2)10-15(17)18/h4-11H,3H2,1-2H3,(H,21,22). The lowest BCUT2D eigenvalue weighted by atomic mass is 10.1. The maximum atomic E-state index is 11.7. The maximum absolute atomic E-state index is 11.7. The highest BCUT2D eigenvalue weighted by Crippen LogP contribution is 2.29. The van der Waals surface area contributed by atoms with E-state index in [2.05, 4.69) is 10.3 Å². The molecule has 5 heteroatoms. The number of esters is 1. The fourth-order valence-electron chi connectivity index (χ4n) is 2.44. The van der Waals surface area contributed by atoms with Crippen LogP contribution in [-0.2, 0) is 4.74 Å². The van der Waals surface area contributed by atoms with E-state index in [0.717, 1.165) is 27.8 Å². The molecular formula is C19H17ClN2O2. The Balaban J connectivity index is 1.90. The molecule has 0 bridgehead atoms. The summed E-state index contributed by atoms with van der Waals surface area (Å²) in [6.45, 7) is 4.12. The van der Waals surface area contributed by atoms with Crippen LogP contribution in [0.4, 0.5) is 11.4 Å². The van der Waals surface area contributed by atoms with Crippen molar-refractivity contribution in [3.05, 3.63) is 64.8 Å². The Morgan fingerprint density at radius 2 is 1.96 bits per heavy atom. The van der Waals surface area contributed by atoms with Gasteiger partial charge in [-0.3, -0.25) is 4.98 Å². The number of nitrogens with one attached hydrogen (secondary N) is 1. The van der Waals surface area contributed by atoms with Crippen molar-refractivity contribution in [2.75, 3.05) is 11.9 Å². The normalized spacial score (nSPS) is 10.6. The Morgan fingerprint density at radius 3 is 2.67 bits per heavy atom. The zero-order chi connectivity index (χ0) is 17.1. The quantitative estimate of drug-likeness (QED) is 0.670. The van der Waals surface area contributed by atoms with Crippen molar-refractivity contribution in [3.63, 3.8) is 0 Å². The number of ether oxygens (including phenoxy) is 1. The molecule has 0 amide bonds. The Hall–Kier alpha value is -2.59. The molecule has 122 valence electrons. The van der Waals surface area contributed by atoms with Crippen LogP contribution in [0.15, 0.2) is 48.7 Å². The number of halogens is 1. The molecule has 0 aliphatic rings. The van der Waals surface area contributed by atoms with Crippen LogP contribution in [0.1, 0.15) is 22.8 Å². The Labute approximate surface area is 145 Å². The van der Waals surface area contributed by atoms with Gasteiger partial charge in [0.05, 0.1) is 17.7 Å². The number of nitrogens with zero attached hydrogens (tertiary/aromatic N) is 1. The minimum absolute atomic E-state index is 0.316. The van der Waals surface area contributed by atoms with Gasteiger partial charge in [0.15, 0.2) is 0 Å². The van der Waals surface area contributed by atoms with Crippen LogP contribution in [0.3, 0.4) is 0 Å². The van der Waals surface area contributed by atoms with Crippen molar-refractivity contribution in [1.29, 1.82) is 0 Å². The number of aryl methyl sites for hydroxylation is 1. The van der Waals surface area contributed by atoms with Crippen molar-refractivity contribution in [2.45, 2.75) is 13.8 Å². The fourth-order valence-corrected chi connectivity index (χ4v) is 2.60. The Morgan fingerprint density at radius 1 is 1.21 bits per heavy atom. The smallest absolute Gasteiger partial charge is 0.338 e. The third kappa shape index (κ3) is 3.34. The summed E-state index contributed by atoms with van der Waals surface area (Å²) < 4.78 is 4.99. The maximum Gasteiger partial charge on any atom is 0.338 e. The van der Waals surface area contributed by atoms with Gasteiger partial charge in [-0.2, -0.15) is 0 Å². The monoisotopic (exact) mass is 340 g/mol. The van der Waals surface area contributed by atoms with Crippen LogP contribution >= 0.6 is 11.6 Å². The number of fused-ring (bicyclic) bond motifs is 1. The molecule has 1 N–H and O–H groups in total. The van der Waals surface area contributed by atoms with Gasteiger partial charge < -0.3 is 10.1 Å². The molecule has 0 aliphatic carbocycles. The minimum Gasteiger partial charge on any atom is -0.462 e. The van der Waals surface area contributed by atoms with Crippen LogP contribution in [0.2, 0.25) is 5.02 Å². The summed E-state index contributed by atoms with van der Waals surface area (Å²) in [5.41, 5.74) is 4.17. The molecule has 1 heterocycles. The van der Waals surface area contributed by atoms with Crippen molar-refractivity contribution in [1.82, 2.24) is 4.98 Å². The third-order valence-corrected chi connectivity index (χ3v) is 4.10. The van der Waals surface area contributed by atoms with Gasteiger partial charge in [0.25, 0.3) is 0 Å². The van der Waals surface area contributed by atoms with E-state index < -0.39 is 0 Å². The van der Waals surface area contributed by atoms with Gasteiger partial charge in [-0.15, -0.1) is 0 Å². The van der Waals surface area contributed by atoms with Crippen LogP contribution < -0.4 is 5.32 Å². The molecule has 0 radical (unpaired) electrons. The van der Waals surface area contributed by atoms with E-state index in [1.165, 1.54) is 0 Å². The molecule has 0 spiro atoms. The Kier molecular flexibility index (Phi) is 4.67. The molecule has 2 aromatic carbocycles. The topological polar surface area (TPSA) is 51.2 Å². The molecule has 0 atom stereocenters. The fraction of sp³-hybridized carbons (Fsp3) is 0.158. The van der Waals surface area contributed by atoms with E-state index in [1.807, 2.05) is 37.3 Å². The van der Waals surface area contributed by atoms with E-state index in [0.29, 0.717) is 17.2 Å². The van der Waals surface area contributed by atoms with Crippen LogP contribution in [-0.4, -0.2) is 17.6 Å². The SMILES string of the molecule is CCOC(=O)c1ccc(Nc2ccnc3cc(Cl)c(C)cc23)cc1. The van der Waals surface area contributed by atoms with Crippen LogP contribution in [0.25, 0.3) is 10.9 Å². The van der Waals surface area contributed by atoms with Gasteiger partial charge in [0, 0.05) is 28.0 Å². The number of aromatic nitrogens is 1. The van der Waals surface area contributed by atoms with E-state index >= 15 is 0 Å². The second-order valence-electron chi connectivity index (χ2n) is 5.40. The van der Waals surface area contributed by atoms with Crippen molar-refractivity contribution >= 4 is 39.8 Å². The van der Waals surface area contributed by atoms with Gasteiger partial charge >= 0.3 is 5.97 Å². The molecule has 3 rings (SSSR count). The first kappa shape index (κ1) is 16.3. The van der Waals surface area contributed by atoms with E-state index in [-0.39, 0.29) is 5.97 Å².